The molecule has 1 fully saturated rings. The first-order valence-electron chi connectivity index (χ1n) is 6.09. The maximum atomic E-state index is 9.42. The molecule has 0 aromatic heterocycles. The summed E-state index contributed by atoms with van der Waals surface area (Å²) < 4.78 is 0. The maximum absolute atomic E-state index is 9.42. The fraction of sp³-hybridized carbons (Fsp3) is 0.500. The Bertz CT molecular complexity index is 428. The number of anilines is 1. The molecule has 2 rings (SSSR count). The van der Waals surface area contributed by atoms with Crippen molar-refractivity contribution in [2.75, 3.05) is 5.32 Å². The van der Waals surface area contributed by atoms with Gasteiger partial charge in [0, 0.05) is 0 Å². The van der Waals surface area contributed by atoms with Crippen LogP contribution in [0.4, 0.5) is 5.69 Å². The van der Waals surface area contributed by atoms with Crippen molar-refractivity contribution < 1.29 is 0 Å². The Balaban J connectivity index is 2.16. The van der Waals surface area contributed by atoms with Crippen molar-refractivity contribution >= 4 is 17.3 Å². The highest BCUT2D eigenvalue weighted by Gasteiger charge is 2.34. The van der Waals surface area contributed by atoms with Gasteiger partial charge in [0.05, 0.1) is 16.8 Å². The molecule has 0 atom stereocenters. The largest absolute Gasteiger partial charge is 0.366 e. The molecule has 1 aromatic carbocycles. The molecule has 1 aliphatic rings. The molecule has 0 bridgehead atoms. The van der Waals surface area contributed by atoms with Crippen LogP contribution in [0.2, 0.25) is 5.02 Å². The van der Waals surface area contributed by atoms with Crippen LogP contribution in [-0.4, -0.2) is 5.54 Å². The van der Waals surface area contributed by atoms with Crippen LogP contribution in [0, 0.1) is 17.2 Å². The number of para-hydroxylation sites is 1. The average molecular weight is 249 g/mol. The zero-order chi connectivity index (χ0) is 12.3. The number of nitriles is 1. The zero-order valence-corrected chi connectivity index (χ0v) is 10.8. The average Bonchev–Trinajstić information content (AvgIpc) is 2.35. The first kappa shape index (κ1) is 12.3. The lowest BCUT2D eigenvalue weighted by Crippen LogP contribution is -2.40. The van der Waals surface area contributed by atoms with Gasteiger partial charge in [-0.3, -0.25) is 0 Å². The van der Waals surface area contributed by atoms with Gasteiger partial charge in [0.25, 0.3) is 0 Å². The lowest BCUT2D eigenvalue weighted by Gasteiger charge is -2.35. The second-order valence-corrected chi connectivity index (χ2v) is 5.39. The van der Waals surface area contributed by atoms with Crippen molar-refractivity contribution in [3.63, 3.8) is 0 Å². The number of rotatable bonds is 2. The van der Waals surface area contributed by atoms with Gasteiger partial charge in [-0.1, -0.05) is 30.7 Å². The van der Waals surface area contributed by atoms with E-state index in [1.165, 1.54) is 0 Å². The summed E-state index contributed by atoms with van der Waals surface area (Å²) in [6, 6.07) is 10.1. The fourth-order valence-corrected chi connectivity index (χ4v) is 2.52. The van der Waals surface area contributed by atoms with Crippen molar-refractivity contribution in [1.29, 1.82) is 5.26 Å². The molecule has 0 saturated heterocycles. The van der Waals surface area contributed by atoms with Crippen LogP contribution in [0.1, 0.15) is 32.6 Å². The summed E-state index contributed by atoms with van der Waals surface area (Å²) in [5.41, 5.74) is 0.433. The molecule has 1 aromatic rings. The van der Waals surface area contributed by atoms with Crippen molar-refractivity contribution in [2.45, 2.75) is 38.1 Å². The Labute approximate surface area is 108 Å². The smallest absolute Gasteiger partial charge is 0.125 e. The monoisotopic (exact) mass is 248 g/mol. The van der Waals surface area contributed by atoms with Gasteiger partial charge in [0.2, 0.25) is 0 Å². The first-order valence-corrected chi connectivity index (χ1v) is 6.47. The van der Waals surface area contributed by atoms with E-state index >= 15 is 0 Å². The van der Waals surface area contributed by atoms with Crippen molar-refractivity contribution in [3.05, 3.63) is 29.3 Å². The van der Waals surface area contributed by atoms with E-state index in [1.807, 2.05) is 24.3 Å². The standard InChI is InChI=1S/C14H17ClN2/c1-11-6-8-14(10-16,9-7-11)17-13-5-3-2-4-12(13)15/h2-5,11,17H,6-9H2,1H3. The van der Waals surface area contributed by atoms with E-state index in [-0.39, 0.29) is 0 Å². The quantitative estimate of drug-likeness (QED) is 0.850. The summed E-state index contributed by atoms with van der Waals surface area (Å²) in [6.45, 7) is 2.25. The third kappa shape index (κ3) is 2.73. The second-order valence-electron chi connectivity index (χ2n) is 4.98. The van der Waals surface area contributed by atoms with E-state index in [1.54, 1.807) is 0 Å². The highest BCUT2D eigenvalue weighted by Crippen LogP contribution is 2.35. The Morgan fingerprint density at radius 2 is 2.00 bits per heavy atom. The Morgan fingerprint density at radius 1 is 1.35 bits per heavy atom. The van der Waals surface area contributed by atoms with Gasteiger partial charge in [-0.2, -0.15) is 5.26 Å². The minimum atomic E-state index is -0.433. The fourth-order valence-electron chi connectivity index (χ4n) is 2.34. The van der Waals surface area contributed by atoms with Crippen LogP contribution >= 0.6 is 11.6 Å². The zero-order valence-electron chi connectivity index (χ0n) is 10.0. The van der Waals surface area contributed by atoms with Crippen LogP contribution in [0.5, 0.6) is 0 Å². The molecule has 0 radical (unpaired) electrons. The van der Waals surface area contributed by atoms with E-state index in [4.69, 9.17) is 11.6 Å². The molecule has 3 heteroatoms. The number of nitrogens with zero attached hydrogens (tertiary/aromatic N) is 1. The Morgan fingerprint density at radius 3 is 2.59 bits per heavy atom. The normalized spacial score (nSPS) is 28.4. The maximum Gasteiger partial charge on any atom is 0.125 e. The van der Waals surface area contributed by atoms with E-state index in [2.05, 4.69) is 18.3 Å². The van der Waals surface area contributed by atoms with Gasteiger partial charge in [-0.15, -0.1) is 0 Å². The van der Waals surface area contributed by atoms with Crippen molar-refractivity contribution in [1.82, 2.24) is 0 Å². The van der Waals surface area contributed by atoms with Crippen molar-refractivity contribution in [2.24, 2.45) is 5.92 Å². The number of halogens is 1. The minimum absolute atomic E-state index is 0.433. The Hall–Kier alpha value is -1.20. The molecule has 0 aliphatic heterocycles. The molecule has 90 valence electrons. The summed E-state index contributed by atoms with van der Waals surface area (Å²) in [4.78, 5) is 0. The molecule has 0 amide bonds. The molecule has 1 N–H and O–H groups in total. The number of hydrogen-bond acceptors (Lipinski definition) is 2. The molecule has 0 spiro atoms. The molecule has 17 heavy (non-hydrogen) atoms. The first-order chi connectivity index (χ1) is 8.15. The van der Waals surface area contributed by atoms with Gasteiger partial charge < -0.3 is 5.32 Å². The lowest BCUT2D eigenvalue weighted by atomic mass is 9.78. The lowest BCUT2D eigenvalue weighted by molar-refractivity contribution is 0.314. The van der Waals surface area contributed by atoms with E-state index < -0.39 is 5.54 Å². The van der Waals surface area contributed by atoms with Crippen LogP contribution in [0.3, 0.4) is 0 Å². The predicted molar refractivity (Wildman–Crippen MR) is 71.1 cm³/mol. The summed E-state index contributed by atoms with van der Waals surface area (Å²) in [5, 5.41) is 13.4. The van der Waals surface area contributed by atoms with Crippen molar-refractivity contribution in [3.8, 4) is 6.07 Å². The number of nitrogens with one attached hydrogen (secondary N) is 1. The third-order valence-corrected chi connectivity index (χ3v) is 3.92. The SMILES string of the molecule is CC1CCC(C#N)(Nc2ccccc2Cl)CC1. The molecule has 1 aliphatic carbocycles. The van der Waals surface area contributed by atoms with Gasteiger partial charge in [0.1, 0.15) is 5.54 Å². The Kier molecular flexibility index (Phi) is 3.59. The summed E-state index contributed by atoms with van der Waals surface area (Å²) in [6.07, 6.45) is 4.00. The predicted octanol–water partition coefficient (Wildman–Crippen LogP) is 4.22. The van der Waals surface area contributed by atoms with Crippen LogP contribution in [0.15, 0.2) is 24.3 Å². The minimum Gasteiger partial charge on any atom is -0.366 e. The van der Waals surface area contributed by atoms with Gasteiger partial charge in [-0.25, -0.2) is 0 Å². The molecular weight excluding hydrogens is 232 g/mol. The molecule has 0 heterocycles. The highest BCUT2D eigenvalue weighted by molar-refractivity contribution is 6.33. The van der Waals surface area contributed by atoms with Crippen LogP contribution in [0.25, 0.3) is 0 Å². The van der Waals surface area contributed by atoms with E-state index in [0.29, 0.717) is 5.02 Å². The molecule has 1 saturated carbocycles. The van der Waals surface area contributed by atoms with Gasteiger partial charge >= 0.3 is 0 Å². The van der Waals surface area contributed by atoms with E-state index in [0.717, 1.165) is 37.3 Å². The molecular formula is C14H17ClN2. The topological polar surface area (TPSA) is 35.8 Å². The van der Waals surface area contributed by atoms with Crippen LogP contribution < -0.4 is 5.32 Å². The number of hydrogen-bond donors (Lipinski definition) is 1. The second kappa shape index (κ2) is 4.98. The highest BCUT2D eigenvalue weighted by atomic mass is 35.5. The summed E-state index contributed by atoms with van der Waals surface area (Å²) >= 11 is 6.12. The molecule has 0 unspecified atom stereocenters. The summed E-state index contributed by atoms with van der Waals surface area (Å²) in [7, 11) is 0. The number of benzene rings is 1. The van der Waals surface area contributed by atoms with Gasteiger partial charge in [0.15, 0.2) is 0 Å². The van der Waals surface area contributed by atoms with E-state index in [9.17, 15) is 5.26 Å². The van der Waals surface area contributed by atoms with Gasteiger partial charge in [-0.05, 0) is 43.7 Å². The van der Waals surface area contributed by atoms with Crippen LogP contribution in [-0.2, 0) is 0 Å². The summed E-state index contributed by atoms with van der Waals surface area (Å²) in [5.74, 6) is 0.726. The molecule has 2 nitrogen and oxygen atoms in total. The third-order valence-electron chi connectivity index (χ3n) is 3.59.